The maximum atomic E-state index is 12.7. The normalized spacial score (nSPS) is 28.8. The van der Waals surface area contributed by atoms with E-state index < -0.39 is 17.7 Å². The van der Waals surface area contributed by atoms with E-state index in [4.69, 9.17) is 4.74 Å². The number of fused-ring (bicyclic) bond motifs is 1. The van der Waals surface area contributed by atoms with Gasteiger partial charge in [-0.2, -0.15) is 0 Å². The van der Waals surface area contributed by atoms with Crippen LogP contribution in [0.15, 0.2) is 0 Å². The minimum Gasteiger partial charge on any atom is -0.444 e. The molecule has 1 N–H and O–H groups in total. The topological polar surface area (TPSA) is 75.7 Å². The molecule has 1 unspecified atom stereocenters. The molecule has 2 amide bonds. The number of nitrogens with one attached hydrogen (secondary N) is 1. The van der Waals surface area contributed by atoms with Crippen LogP contribution in [0.3, 0.4) is 0 Å². The Balaban J connectivity index is 2.08. The average molecular weight is 310 g/mol. The minimum atomic E-state index is -0.601. The summed E-state index contributed by atoms with van der Waals surface area (Å²) in [4.78, 5) is 38.1. The van der Waals surface area contributed by atoms with Gasteiger partial charge in [0.05, 0.1) is 6.04 Å². The number of ether oxygens (including phenoxy) is 1. The van der Waals surface area contributed by atoms with Gasteiger partial charge in [0.2, 0.25) is 5.91 Å². The molecule has 0 radical (unpaired) electrons. The molecule has 124 valence electrons. The van der Waals surface area contributed by atoms with E-state index in [9.17, 15) is 14.4 Å². The molecule has 0 aromatic rings. The van der Waals surface area contributed by atoms with Crippen LogP contribution in [0.5, 0.6) is 0 Å². The number of hydrogen-bond donors (Lipinski definition) is 1. The summed E-state index contributed by atoms with van der Waals surface area (Å²) in [6.45, 7) is 6.87. The molecule has 3 atom stereocenters. The molecule has 6 heteroatoms. The van der Waals surface area contributed by atoms with Crippen LogP contribution >= 0.6 is 0 Å². The summed E-state index contributed by atoms with van der Waals surface area (Å²) in [7, 11) is 0. The quantitative estimate of drug-likeness (QED) is 0.846. The molecule has 0 aliphatic carbocycles. The largest absolute Gasteiger partial charge is 0.444 e. The average Bonchev–Trinajstić information content (AvgIpc) is 2.72. The van der Waals surface area contributed by atoms with Crippen molar-refractivity contribution in [1.29, 1.82) is 0 Å². The Morgan fingerprint density at radius 2 is 1.86 bits per heavy atom. The third-order valence-electron chi connectivity index (χ3n) is 4.25. The lowest BCUT2D eigenvalue weighted by molar-refractivity contribution is -0.140. The van der Waals surface area contributed by atoms with Gasteiger partial charge in [0.15, 0.2) is 5.78 Å². The summed E-state index contributed by atoms with van der Waals surface area (Å²) in [5, 5.41) is 2.67. The van der Waals surface area contributed by atoms with Crippen molar-refractivity contribution in [2.45, 2.75) is 83.5 Å². The fourth-order valence-corrected chi connectivity index (χ4v) is 3.34. The second-order valence-electron chi connectivity index (χ2n) is 7.23. The Kier molecular flexibility index (Phi) is 4.78. The summed E-state index contributed by atoms with van der Waals surface area (Å²) in [6, 6.07) is -0.801. The maximum absolute atomic E-state index is 12.7. The number of Topliss-reactive ketones (excluding diaryl/α,β-unsaturated/α-hetero) is 1. The van der Waals surface area contributed by atoms with Crippen molar-refractivity contribution in [3.05, 3.63) is 0 Å². The van der Waals surface area contributed by atoms with Crippen molar-refractivity contribution in [1.82, 2.24) is 10.2 Å². The van der Waals surface area contributed by atoms with Gasteiger partial charge in [0.25, 0.3) is 0 Å². The van der Waals surface area contributed by atoms with Gasteiger partial charge in [-0.15, -0.1) is 0 Å². The number of nitrogens with zero attached hydrogens (tertiary/aromatic N) is 1. The van der Waals surface area contributed by atoms with Gasteiger partial charge in [-0.1, -0.05) is 0 Å². The summed E-state index contributed by atoms with van der Waals surface area (Å²) in [5.41, 5.74) is -0.601. The molecule has 0 spiro atoms. The van der Waals surface area contributed by atoms with E-state index in [1.165, 1.54) is 6.92 Å². The highest BCUT2D eigenvalue weighted by Gasteiger charge is 2.43. The predicted molar refractivity (Wildman–Crippen MR) is 81.3 cm³/mol. The number of ketones is 1. The van der Waals surface area contributed by atoms with Gasteiger partial charge >= 0.3 is 6.09 Å². The zero-order chi connectivity index (χ0) is 16.5. The zero-order valence-electron chi connectivity index (χ0n) is 13.8. The van der Waals surface area contributed by atoms with Crippen molar-refractivity contribution >= 4 is 17.8 Å². The third-order valence-corrected chi connectivity index (χ3v) is 4.25. The number of carbonyl (C=O) groups excluding carboxylic acids is 3. The molecule has 2 fully saturated rings. The molecule has 2 aliphatic rings. The highest BCUT2D eigenvalue weighted by molar-refractivity contribution is 5.92. The van der Waals surface area contributed by atoms with Crippen molar-refractivity contribution in [2.75, 3.05) is 0 Å². The molecule has 0 saturated carbocycles. The second-order valence-corrected chi connectivity index (χ2v) is 7.23. The van der Waals surface area contributed by atoms with Crippen LogP contribution in [0, 0.1) is 0 Å². The Morgan fingerprint density at radius 1 is 1.18 bits per heavy atom. The SMILES string of the molecule is CC(=O)[C@@H]1CCC2CCC[C@H](NC(=O)OC(C)(C)C)C(=O)N21. The number of amides is 2. The summed E-state index contributed by atoms with van der Waals surface area (Å²) in [6.07, 6.45) is 3.36. The first-order valence-corrected chi connectivity index (χ1v) is 8.01. The summed E-state index contributed by atoms with van der Waals surface area (Å²) >= 11 is 0. The molecule has 2 aliphatic heterocycles. The molecule has 0 aromatic carbocycles. The number of hydrogen-bond acceptors (Lipinski definition) is 4. The summed E-state index contributed by atoms with van der Waals surface area (Å²) in [5.74, 6) is -0.125. The molecule has 2 heterocycles. The number of alkyl carbamates (subject to hydrolysis) is 1. The standard InChI is InChI=1S/C16H26N2O4/c1-10(19)13-9-8-11-6-5-7-12(14(20)18(11)13)17-15(21)22-16(2,3)4/h11-13H,5-9H2,1-4H3,(H,17,21)/t11?,12-,13-/m0/s1. The first-order chi connectivity index (χ1) is 10.2. The second kappa shape index (κ2) is 6.26. The van der Waals surface area contributed by atoms with Crippen LogP contribution in [0.1, 0.15) is 59.8 Å². The summed E-state index contributed by atoms with van der Waals surface area (Å²) < 4.78 is 5.23. The fourth-order valence-electron chi connectivity index (χ4n) is 3.34. The molecule has 2 saturated heterocycles. The van der Waals surface area contributed by atoms with Gasteiger partial charge < -0.3 is 15.0 Å². The third kappa shape index (κ3) is 3.78. The molecular formula is C16H26N2O4. The van der Waals surface area contributed by atoms with Crippen LogP contribution in [0.2, 0.25) is 0 Å². The van der Waals surface area contributed by atoms with Gasteiger partial charge in [-0.25, -0.2) is 4.79 Å². The maximum Gasteiger partial charge on any atom is 0.408 e. The van der Waals surface area contributed by atoms with E-state index in [-0.39, 0.29) is 23.8 Å². The Morgan fingerprint density at radius 3 is 2.45 bits per heavy atom. The van der Waals surface area contributed by atoms with Crippen LogP contribution in [0.4, 0.5) is 4.79 Å². The molecule has 6 nitrogen and oxygen atoms in total. The van der Waals surface area contributed by atoms with E-state index in [1.807, 2.05) is 0 Å². The molecule has 22 heavy (non-hydrogen) atoms. The molecule has 2 rings (SSSR count). The fraction of sp³-hybridized carbons (Fsp3) is 0.812. The predicted octanol–water partition coefficient (Wildman–Crippen LogP) is 2.01. The number of carbonyl (C=O) groups is 3. The number of rotatable bonds is 2. The van der Waals surface area contributed by atoms with Gasteiger partial charge in [-0.05, 0) is 59.8 Å². The highest BCUT2D eigenvalue weighted by atomic mass is 16.6. The van der Waals surface area contributed by atoms with E-state index in [0.29, 0.717) is 6.42 Å². The van der Waals surface area contributed by atoms with Gasteiger partial charge in [0.1, 0.15) is 11.6 Å². The van der Waals surface area contributed by atoms with E-state index in [0.717, 1.165) is 25.7 Å². The van der Waals surface area contributed by atoms with Crippen molar-refractivity contribution in [3.8, 4) is 0 Å². The lowest BCUT2D eigenvalue weighted by Crippen LogP contribution is -2.52. The van der Waals surface area contributed by atoms with Crippen LogP contribution in [0.25, 0.3) is 0 Å². The monoisotopic (exact) mass is 310 g/mol. The minimum absolute atomic E-state index is 0.0220. The smallest absolute Gasteiger partial charge is 0.408 e. The molecule has 0 aromatic heterocycles. The first kappa shape index (κ1) is 16.8. The van der Waals surface area contributed by atoms with Crippen molar-refractivity contribution < 1.29 is 19.1 Å². The zero-order valence-corrected chi connectivity index (χ0v) is 13.8. The van der Waals surface area contributed by atoms with Crippen molar-refractivity contribution in [2.24, 2.45) is 0 Å². The van der Waals surface area contributed by atoms with Crippen LogP contribution in [-0.2, 0) is 14.3 Å². The molecular weight excluding hydrogens is 284 g/mol. The van der Waals surface area contributed by atoms with E-state index >= 15 is 0 Å². The Labute approximate surface area is 131 Å². The Hall–Kier alpha value is -1.59. The van der Waals surface area contributed by atoms with Gasteiger partial charge in [0, 0.05) is 6.04 Å². The lowest BCUT2D eigenvalue weighted by Gasteiger charge is -2.30. The van der Waals surface area contributed by atoms with E-state index in [2.05, 4.69) is 5.32 Å². The van der Waals surface area contributed by atoms with E-state index in [1.54, 1.807) is 25.7 Å². The molecule has 0 bridgehead atoms. The lowest BCUT2D eigenvalue weighted by atomic mass is 10.1. The van der Waals surface area contributed by atoms with Crippen molar-refractivity contribution in [3.63, 3.8) is 0 Å². The van der Waals surface area contributed by atoms with Gasteiger partial charge in [-0.3, -0.25) is 9.59 Å². The van der Waals surface area contributed by atoms with Crippen LogP contribution in [-0.4, -0.2) is 46.4 Å². The highest BCUT2D eigenvalue weighted by Crippen LogP contribution is 2.32. The first-order valence-electron chi connectivity index (χ1n) is 8.01. The Bertz CT molecular complexity index is 469. The van der Waals surface area contributed by atoms with Crippen LogP contribution < -0.4 is 5.32 Å².